The number of hydrogen-bond acceptors (Lipinski definition) is 3. The number of nitrogens with zero attached hydrogens (tertiary/aromatic N) is 2. The van der Waals surface area contributed by atoms with E-state index in [1.807, 2.05) is 48.7 Å². The van der Waals surface area contributed by atoms with Crippen LogP contribution in [0.25, 0.3) is 21.9 Å². The lowest BCUT2D eigenvalue weighted by Gasteiger charge is -1.91. The number of aromatic nitrogens is 2. The minimum absolute atomic E-state index is 0.582. The van der Waals surface area contributed by atoms with Gasteiger partial charge in [0.15, 0.2) is 0 Å². The molecule has 0 amide bonds. The van der Waals surface area contributed by atoms with Crippen molar-refractivity contribution in [3.63, 3.8) is 0 Å². The van der Waals surface area contributed by atoms with E-state index in [1.165, 1.54) is 11.3 Å². The third-order valence-electron chi connectivity index (χ3n) is 2.57. The predicted molar refractivity (Wildman–Crippen MR) is 73.9 cm³/mol. The van der Waals surface area contributed by atoms with E-state index < -0.39 is 0 Å². The lowest BCUT2D eigenvalue weighted by atomic mass is 10.2. The minimum Gasteiger partial charge on any atom is -0.362 e. The van der Waals surface area contributed by atoms with Crippen LogP contribution in [0.15, 0.2) is 42.6 Å². The maximum Gasteiger partial charge on any atom is 0.135 e. The summed E-state index contributed by atoms with van der Waals surface area (Å²) >= 11 is 1.54. The number of fused-ring (bicyclic) bond motifs is 1. The molecule has 0 spiro atoms. The SMILES string of the molecule is N#C/C(=C\c1ccc[nH]1)c1nc2ccccc2s1. The number of H-pyrrole nitrogens is 1. The molecule has 0 unspecified atom stereocenters. The Labute approximate surface area is 108 Å². The van der Waals surface area contributed by atoms with Gasteiger partial charge in [-0.15, -0.1) is 11.3 Å². The van der Waals surface area contributed by atoms with E-state index in [4.69, 9.17) is 0 Å². The standard InChI is InChI=1S/C14H9N3S/c15-9-10(8-11-4-3-7-16-11)14-17-12-5-1-2-6-13(12)18-14/h1-8,16H/b10-8+. The van der Waals surface area contributed by atoms with Gasteiger partial charge >= 0.3 is 0 Å². The highest BCUT2D eigenvalue weighted by Gasteiger charge is 2.08. The molecule has 0 atom stereocenters. The first-order valence-corrected chi connectivity index (χ1v) is 6.29. The van der Waals surface area contributed by atoms with Crippen molar-refractivity contribution in [2.75, 3.05) is 0 Å². The molecule has 3 nitrogen and oxygen atoms in total. The minimum atomic E-state index is 0.582. The van der Waals surface area contributed by atoms with Crippen LogP contribution in [0.5, 0.6) is 0 Å². The predicted octanol–water partition coefficient (Wildman–Crippen LogP) is 3.69. The first-order valence-electron chi connectivity index (χ1n) is 5.48. The third kappa shape index (κ3) is 1.92. The van der Waals surface area contributed by atoms with Crippen LogP contribution in [-0.2, 0) is 0 Å². The van der Waals surface area contributed by atoms with Crippen LogP contribution in [0.3, 0.4) is 0 Å². The highest BCUT2D eigenvalue weighted by atomic mass is 32.1. The monoisotopic (exact) mass is 251 g/mol. The van der Waals surface area contributed by atoms with E-state index in [2.05, 4.69) is 16.0 Å². The van der Waals surface area contributed by atoms with Crippen LogP contribution < -0.4 is 0 Å². The molecule has 0 aliphatic rings. The molecule has 0 bridgehead atoms. The van der Waals surface area contributed by atoms with Crippen molar-refractivity contribution in [2.24, 2.45) is 0 Å². The Morgan fingerprint density at radius 3 is 2.89 bits per heavy atom. The molecule has 4 heteroatoms. The normalized spacial score (nSPS) is 11.6. The Morgan fingerprint density at radius 2 is 2.17 bits per heavy atom. The molecule has 18 heavy (non-hydrogen) atoms. The Morgan fingerprint density at radius 1 is 1.28 bits per heavy atom. The number of allylic oxidation sites excluding steroid dienone is 1. The average Bonchev–Trinajstić information content (AvgIpc) is 3.04. The molecule has 0 saturated carbocycles. The van der Waals surface area contributed by atoms with E-state index in [0.29, 0.717) is 5.57 Å². The molecule has 3 aromatic rings. The van der Waals surface area contributed by atoms with Crippen molar-refractivity contribution in [3.8, 4) is 6.07 Å². The maximum absolute atomic E-state index is 9.24. The van der Waals surface area contributed by atoms with Gasteiger partial charge in [0.05, 0.1) is 15.8 Å². The molecule has 0 saturated heterocycles. The summed E-state index contributed by atoms with van der Waals surface area (Å²) in [7, 11) is 0. The van der Waals surface area contributed by atoms with Crippen molar-refractivity contribution in [1.29, 1.82) is 5.26 Å². The summed E-state index contributed by atoms with van der Waals surface area (Å²) in [5, 5.41) is 10.00. The van der Waals surface area contributed by atoms with Gasteiger partial charge in [-0.2, -0.15) is 5.26 Å². The third-order valence-corrected chi connectivity index (χ3v) is 3.64. The summed E-state index contributed by atoms with van der Waals surface area (Å²) in [5.74, 6) is 0. The van der Waals surface area contributed by atoms with E-state index in [9.17, 15) is 5.26 Å². The highest BCUT2D eigenvalue weighted by molar-refractivity contribution is 7.19. The second-order valence-electron chi connectivity index (χ2n) is 3.78. The van der Waals surface area contributed by atoms with Gasteiger partial charge in [0, 0.05) is 11.9 Å². The molecule has 1 N–H and O–H groups in total. The van der Waals surface area contributed by atoms with Crippen LogP contribution in [-0.4, -0.2) is 9.97 Å². The zero-order valence-electron chi connectivity index (χ0n) is 9.42. The molecule has 0 fully saturated rings. The summed E-state index contributed by atoms with van der Waals surface area (Å²) in [6.45, 7) is 0. The largest absolute Gasteiger partial charge is 0.362 e. The first kappa shape index (κ1) is 10.8. The van der Waals surface area contributed by atoms with Crippen LogP contribution in [0.2, 0.25) is 0 Å². The summed E-state index contributed by atoms with van der Waals surface area (Å²) in [5.41, 5.74) is 2.43. The Bertz CT molecular complexity index is 712. The van der Waals surface area contributed by atoms with Gasteiger partial charge in [-0.25, -0.2) is 4.98 Å². The Kier molecular flexibility index (Phi) is 2.67. The smallest absolute Gasteiger partial charge is 0.135 e. The van der Waals surface area contributed by atoms with Crippen LogP contribution in [0, 0.1) is 11.3 Å². The molecule has 2 heterocycles. The van der Waals surface area contributed by atoms with Crippen molar-refractivity contribution in [2.45, 2.75) is 0 Å². The fourth-order valence-corrected chi connectivity index (χ4v) is 2.65. The molecule has 0 aliphatic heterocycles. The molecule has 86 valence electrons. The fraction of sp³-hybridized carbons (Fsp3) is 0. The first-order chi connectivity index (χ1) is 8.86. The molecular weight excluding hydrogens is 242 g/mol. The van der Waals surface area contributed by atoms with Crippen molar-refractivity contribution in [3.05, 3.63) is 53.3 Å². The van der Waals surface area contributed by atoms with Crippen LogP contribution in [0.1, 0.15) is 10.7 Å². The molecular formula is C14H9N3S. The van der Waals surface area contributed by atoms with Gasteiger partial charge in [0.2, 0.25) is 0 Å². The number of benzene rings is 1. The quantitative estimate of drug-likeness (QED) is 0.706. The van der Waals surface area contributed by atoms with Crippen molar-refractivity contribution >= 4 is 33.2 Å². The summed E-state index contributed by atoms with van der Waals surface area (Å²) in [6, 6.07) is 13.9. The lowest BCUT2D eigenvalue weighted by Crippen LogP contribution is -1.80. The number of nitrogens with one attached hydrogen (secondary N) is 1. The highest BCUT2D eigenvalue weighted by Crippen LogP contribution is 2.27. The topological polar surface area (TPSA) is 52.5 Å². The second kappa shape index (κ2) is 4.47. The Balaban J connectivity index is 2.09. The molecule has 0 aliphatic carbocycles. The van der Waals surface area contributed by atoms with E-state index in [1.54, 1.807) is 0 Å². The van der Waals surface area contributed by atoms with E-state index in [-0.39, 0.29) is 0 Å². The number of thiazole rings is 1. The maximum atomic E-state index is 9.24. The van der Waals surface area contributed by atoms with Crippen LogP contribution >= 0.6 is 11.3 Å². The molecule has 1 aromatic carbocycles. The van der Waals surface area contributed by atoms with Crippen molar-refractivity contribution < 1.29 is 0 Å². The number of aromatic amines is 1. The number of rotatable bonds is 2. The summed E-state index contributed by atoms with van der Waals surface area (Å²) in [6.07, 6.45) is 3.65. The Hall–Kier alpha value is -2.38. The van der Waals surface area contributed by atoms with E-state index in [0.717, 1.165) is 20.9 Å². The molecule has 3 rings (SSSR count). The van der Waals surface area contributed by atoms with Gasteiger partial charge in [-0.3, -0.25) is 0 Å². The average molecular weight is 251 g/mol. The zero-order valence-corrected chi connectivity index (χ0v) is 10.2. The number of hydrogen-bond donors (Lipinski definition) is 1. The van der Waals surface area contributed by atoms with Gasteiger partial charge < -0.3 is 4.98 Å². The summed E-state index contributed by atoms with van der Waals surface area (Å²) < 4.78 is 1.10. The lowest BCUT2D eigenvalue weighted by molar-refractivity contribution is 1.37. The van der Waals surface area contributed by atoms with Crippen LogP contribution in [0.4, 0.5) is 0 Å². The molecule has 2 aromatic heterocycles. The van der Waals surface area contributed by atoms with Gasteiger partial charge in [-0.1, -0.05) is 12.1 Å². The zero-order chi connectivity index (χ0) is 12.4. The number of para-hydroxylation sites is 1. The summed E-state index contributed by atoms with van der Waals surface area (Å²) in [4.78, 5) is 7.53. The van der Waals surface area contributed by atoms with E-state index >= 15 is 0 Å². The number of nitriles is 1. The second-order valence-corrected chi connectivity index (χ2v) is 4.81. The fourth-order valence-electron chi connectivity index (χ4n) is 1.72. The molecule has 0 radical (unpaired) electrons. The van der Waals surface area contributed by atoms with Crippen molar-refractivity contribution in [1.82, 2.24) is 9.97 Å². The van der Waals surface area contributed by atoms with Gasteiger partial charge in [0.25, 0.3) is 0 Å². The van der Waals surface area contributed by atoms with Gasteiger partial charge in [0.1, 0.15) is 11.1 Å². The van der Waals surface area contributed by atoms with Gasteiger partial charge in [-0.05, 0) is 30.3 Å².